The number of halogens is 1. The van der Waals surface area contributed by atoms with E-state index in [0.717, 1.165) is 64.5 Å². The third kappa shape index (κ3) is 6.48. The fraction of sp³-hybridized carbons (Fsp3) is 0.600. The van der Waals surface area contributed by atoms with Crippen molar-refractivity contribution in [1.29, 1.82) is 0 Å². The standard InChI is InChI=1S/C20H30N4O2.ClH/c1-17-2-4-18(5-3-17)16-20(26)24-14-12-22(13-15-24)9-6-19(25)23-10-7-21-8-11-23;/h2-5,21H,6-16H2,1H3;1H. The molecule has 0 unspecified atom stereocenters. The molecule has 0 saturated carbocycles. The summed E-state index contributed by atoms with van der Waals surface area (Å²) in [5.41, 5.74) is 2.29. The molecule has 2 fully saturated rings. The van der Waals surface area contributed by atoms with Gasteiger partial charge in [-0.1, -0.05) is 29.8 Å². The summed E-state index contributed by atoms with van der Waals surface area (Å²) < 4.78 is 0. The van der Waals surface area contributed by atoms with Crippen LogP contribution in [0.2, 0.25) is 0 Å². The summed E-state index contributed by atoms with van der Waals surface area (Å²) in [6, 6.07) is 8.17. The Labute approximate surface area is 168 Å². The molecular weight excluding hydrogens is 364 g/mol. The Balaban J connectivity index is 0.00000261. The number of amides is 2. The molecule has 0 atom stereocenters. The summed E-state index contributed by atoms with van der Waals surface area (Å²) in [5.74, 6) is 0.453. The van der Waals surface area contributed by atoms with Gasteiger partial charge in [0.25, 0.3) is 0 Å². The van der Waals surface area contributed by atoms with Crippen LogP contribution in [0.3, 0.4) is 0 Å². The molecule has 1 N–H and O–H groups in total. The van der Waals surface area contributed by atoms with E-state index in [1.165, 1.54) is 5.56 Å². The fourth-order valence-corrected chi connectivity index (χ4v) is 3.54. The lowest BCUT2D eigenvalue weighted by atomic mass is 10.1. The predicted octanol–water partition coefficient (Wildman–Crippen LogP) is 0.925. The van der Waals surface area contributed by atoms with Gasteiger partial charge in [-0.05, 0) is 12.5 Å². The van der Waals surface area contributed by atoms with E-state index in [2.05, 4.69) is 29.3 Å². The van der Waals surface area contributed by atoms with Gasteiger partial charge in [-0.25, -0.2) is 0 Å². The van der Waals surface area contributed by atoms with Crippen molar-refractivity contribution in [3.05, 3.63) is 35.4 Å². The molecule has 150 valence electrons. The number of nitrogens with zero attached hydrogens (tertiary/aromatic N) is 3. The van der Waals surface area contributed by atoms with Crippen LogP contribution in [0.4, 0.5) is 0 Å². The van der Waals surface area contributed by atoms with Crippen LogP contribution < -0.4 is 5.32 Å². The first kappa shape index (κ1) is 21.7. The van der Waals surface area contributed by atoms with Crippen molar-refractivity contribution in [3.63, 3.8) is 0 Å². The minimum Gasteiger partial charge on any atom is -0.340 e. The van der Waals surface area contributed by atoms with Gasteiger partial charge in [-0.2, -0.15) is 0 Å². The number of nitrogens with one attached hydrogen (secondary N) is 1. The number of carbonyl (C=O) groups is 2. The molecule has 0 radical (unpaired) electrons. The lowest BCUT2D eigenvalue weighted by molar-refractivity contribution is -0.134. The summed E-state index contributed by atoms with van der Waals surface area (Å²) in [6.07, 6.45) is 1.05. The number of benzene rings is 1. The molecule has 3 rings (SSSR count). The van der Waals surface area contributed by atoms with E-state index in [0.29, 0.717) is 12.8 Å². The molecule has 6 nitrogen and oxygen atoms in total. The Morgan fingerprint density at radius 3 is 2.11 bits per heavy atom. The van der Waals surface area contributed by atoms with Gasteiger partial charge < -0.3 is 15.1 Å². The number of hydrogen-bond donors (Lipinski definition) is 1. The molecule has 7 heteroatoms. The molecule has 0 aliphatic carbocycles. The van der Waals surface area contributed by atoms with Crippen LogP contribution in [0, 0.1) is 6.92 Å². The first-order valence-corrected chi connectivity index (χ1v) is 9.66. The SMILES string of the molecule is Cc1ccc(CC(=O)N2CCN(CCC(=O)N3CCNCC3)CC2)cc1.Cl. The Morgan fingerprint density at radius 1 is 0.889 bits per heavy atom. The first-order valence-electron chi connectivity index (χ1n) is 9.66. The lowest BCUT2D eigenvalue weighted by Gasteiger charge is -2.35. The summed E-state index contributed by atoms with van der Waals surface area (Å²) >= 11 is 0. The highest BCUT2D eigenvalue weighted by Crippen LogP contribution is 2.09. The van der Waals surface area contributed by atoms with E-state index >= 15 is 0 Å². The van der Waals surface area contributed by atoms with E-state index in [9.17, 15) is 9.59 Å². The van der Waals surface area contributed by atoms with E-state index in [1.807, 2.05) is 21.9 Å². The van der Waals surface area contributed by atoms with E-state index in [4.69, 9.17) is 0 Å². The van der Waals surface area contributed by atoms with Crippen LogP contribution in [0.5, 0.6) is 0 Å². The second kappa shape index (κ2) is 10.6. The number of carbonyl (C=O) groups excluding carboxylic acids is 2. The molecule has 0 spiro atoms. The van der Waals surface area contributed by atoms with Gasteiger partial charge >= 0.3 is 0 Å². The number of piperazine rings is 2. The Morgan fingerprint density at radius 2 is 1.48 bits per heavy atom. The molecule has 0 aromatic heterocycles. The van der Waals surface area contributed by atoms with Gasteiger partial charge in [0.2, 0.25) is 11.8 Å². The van der Waals surface area contributed by atoms with E-state index < -0.39 is 0 Å². The monoisotopic (exact) mass is 394 g/mol. The molecule has 2 heterocycles. The number of aryl methyl sites for hydroxylation is 1. The fourth-order valence-electron chi connectivity index (χ4n) is 3.54. The van der Waals surface area contributed by atoms with E-state index in [-0.39, 0.29) is 24.2 Å². The lowest BCUT2D eigenvalue weighted by Crippen LogP contribution is -2.50. The second-order valence-electron chi connectivity index (χ2n) is 7.27. The van der Waals surface area contributed by atoms with Crippen molar-refractivity contribution in [2.24, 2.45) is 0 Å². The molecular formula is C20H31ClN4O2. The third-order valence-electron chi connectivity index (χ3n) is 5.31. The topological polar surface area (TPSA) is 55.9 Å². The largest absolute Gasteiger partial charge is 0.340 e. The van der Waals surface area contributed by atoms with Crippen molar-refractivity contribution >= 4 is 24.2 Å². The molecule has 27 heavy (non-hydrogen) atoms. The van der Waals surface area contributed by atoms with Crippen LogP contribution in [0.15, 0.2) is 24.3 Å². The van der Waals surface area contributed by atoms with Crippen LogP contribution in [-0.2, 0) is 16.0 Å². The van der Waals surface area contributed by atoms with Gasteiger partial charge in [-0.3, -0.25) is 14.5 Å². The zero-order valence-corrected chi connectivity index (χ0v) is 17.0. The maximum atomic E-state index is 12.5. The molecule has 2 aliphatic rings. The number of rotatable bonds is 5. The Hall–Kier alpha value is -1.63. The average molecular weight is 395 g/mol. The zero-order chi connectivity index (χ0) is 18.4. The summed E-state index contributed by atoms with van der Waals surface area (Å²) in [7, 11) is 0. The smallest absolute Gasteiger partial charge is 0.227 e. The molecule has 0 bridgehead atoms. The molecule has 2 saturated heterocycles. The van der Waals surface area contributed by atoms with Crippen LogP contribution in [0.25, 0.3) is 0 Å². The molecule has 1 aromatic carbocycles. The second-order valence-corrected chi connectivity index (χ2v) is 7.27. The highest BCUT2D eigenvalue weighted by atomic mass is 35.5. The minimum absolute atomic E-state index is 0. The van der Waals surface area contributed by atoms with Gasteiger partial charge in [0, 0.05) is 65.3 Å². The van der Waals surface area contributed by atoms with Crippen LogP contribution >= 0.6 is 12.4 Å². The van der Waals surface area contributed by atoms with Gasteiger partial charge in [0.1, 0.15) is 0 Å². The normalized spacial score (nSPS) is 18.1. The summed E-state index contributed by atoms with van der Waals surface area (Å²) in [6.45, 7) is 9.50. The summed E-state index contributed by atoms with van der Waals surface area (Å²) in [5, 5.41) is 3.27. The highest BCUT2D eigenvalue weighted by Gasteiger charge is 2.22. The highest BCUT2D eigenvalue weighted by molar-refractivity contribution is 5.85. The summed E-state index contributed by atoms with van der Waals surface area (Å²) in [4.78, 5) is 30.9. The van der Waals surface area contributed by atoms with Crippen molar-refractivity contribution in [1.82, 2.24) is 20.0 Å². The van der Waals surface area contributed by atoms with Gasteiger partial charge in [0.05, 0.1) is 6.42 Å². The Kier molecular flexibility index (Phi) is 8.54. The minimum atomic E-state index is 0. The maximum absolute atomic E-state index is 12.5. The Bertz CT molecular complexity index is 609. The average Bonchev–Trinajstić information content (AvgIpc) is 2.69. The molecule has 2 amide bonds. The van der Waals surface area contributed by atoms with Crippen molar-refractivity contribution in [3.8, 4) is 0 Å². The van der Waals surface area contributed by atoms with Crippen molar-refractivity contribution in [2.45, 2.75) is 19.8 Å². The van der Waals surface area contributed by atoms with Crippen LogP contribution in [-0.4, -0.2) is 85.4 Å². The predicted molar refractivity (Wildman–Crippen MR) is 109 cm³/mol. The van der Waals surface area contributed by atoms with Crippen molar-refractivity contribution in [2.75, 3.05) is 58.9 Å². The number of hydrogen-bond acceptors (Lipinski definition) is 4. The van der Waals surface area contributed by atoms with Crippen LogP contribution in [0.1, 0.15) is 17.5 Å². The zero-order valence-electron chi connectivity index (χ0n) is 16.2. The third-order valence-corrected chi connectivity index (χ3v) is 5.31. The molecule has 2 aliphatic heterocycles. The quantitative estimate of drug-likeness (QED) is 0.807. The van der Waals surface area contributed by atoms with Gasteiger partial charge in [-0.15, -0.1) is 12.4 Å². The van der Waals surface area contributed by atoms with Gasteiger partial charge in [0.15, 0.2) is 0 Å². The maximum Gasteiger partial charge on any atom is 0.227 e. The van der Waals surface area contributed by atoms with Crippen molar-refractivity contribution < 1.29 is 9.59 Å². The van der Waals surface area contributed by atoms with E-state index in [1.54, 1.807) is 0 Å². The first-order chi connectivity index (χ1) is 12.6. The molecule has 1 aromatic rings.